The maximum absolute atomic E-state index is 15.2. The van der Waals surface area contributed by atoms with Crippen LogP contribution in [0.3, 0.4) is 0 Å². The number of nitro groups is 1. The van der Waals surface area contributed by atoms with Gasteiger partial charge in [-0.15, -0.1) is 6.58 Å². The van der Waals surface area contributed by atoms with Gasteiger partial charge in [-0.1, -0.05) is 86.2 Å². The number of non-ortho nitro benzene ring substituents is 1. The number of hydrogen-bond acceptors (Lipinski definition) is 10. The third-order valence-electron chi connectivity index (χ3n) is 14.8. The van der Waals surface area contributed by atoms with Gasteiger partial charge < -0.3 is 34.2 Å². The first-order valence-electron chi connectivity index (χ1n) is 25.0. The third kappa shape index (κ3) is 11.6. The van der Waals surface area contributed by atoms with E-state index < -0.39 is 28.5 Å². The highest BCUT2D eigenvalue weighted by molar-refractivity contribution is 6.03. The molecule has 2 N–H and O–H groups in total. The number of amides is 1. The van der Waals surface area contributed by atoms with Gasteiger partial charge in [0.25, 0.3) is 5.69 Å². The van der Waals surface area contributed by atoms with E-state index in [9.17, 15) is 29.1 Å². The van der Waals surface area contributed by atoms with Gasteiger partial charge in [-0.2, -0.15) is 0 Å². The van der Waals surface area contributed by atoms with Crippen molar-refractivity contribution in [3.8, 4) is 11.5 Å². The van der Waals surface area contributed by atoms with Crippen LogP contribution in [-0.2, 0) is 34.1 Å². The molecule has 8 rings (SSSR count). The molecule has 14 heteroatoms. The number of fused-ring (bicyclic) bond motifs is 2. The van der Waals surface area contributed by atoms with Gasteiger partial charge >= 0.3 is 0 Å². The number of unbranched alkanes of at least 4 members (excludes halogenated alkanes) is 2. The van der Waals surface area contributed by atoms with E-state index in [-0.39, 0.29) is 87.6 Å². The van der Waals surface area contributed by atoms with Crippen molar-refractivity contribution in [1.29, 1.82) is 0 Å². The Kier molecular flexibility index (Phi) is 17.1. The zero-order valence-electron chi connectivity index (χ0n) is 39.8. The quantitative estimate of drug-likeness (QED) is 0.0302. The van der Waals surface area contributed by atoms with Crippen molar-refractivity contribution in [2.45, 2.75) is 121 Å². The van der Waals surface area contributed by atoms with Gasteiger partial charge in [0.05, 0.1) is 23.2 Å². The van der Waals surface area contributed by atoms with Gasteiger partial charge in [-0.3, -0.25) is 14.9 Å². The molecule has 1 aliphatic heterocycles. The fourth-order valence-corrected chi connectivity index (χ4v) is 11.3. The average molecular weight is 962 g/mol. The van der Waals surface area contributed by atoms with Crippen LogP contribution in [0.2, 0.25) is 0 Å². The van der Waals surface area contributed by atoms with Gasteiger partial charge in [0.15, 0.2) is 0 Å². The molecule has 1 amide bonds. The zero-order valence-corrected chi connectivity index (χ0v) is 39.8. The van der Waals surface area contributed by atoms with E-state index in [1.54, 1.807) is 54.6 Å². The highest BCUT2D eigenvalue weighted by Gasteiger charge is 2.65. The SMILES string of the molecule is C=CCOC12Oc3ccc(OCc4ccccc4F)cc3C3C(CCCCO)C(CCCCO)C=C(C(=NOCc4ccc([N+](=O)[O-])cc4)CC1N(Cc1ccc(F)cc1)C(=O)CCC1CCCC1)C32. The van der Waals surface area contributed by atoms with Crippen LogP contribution in [0.5, 0.6) is 11.5 Å². The number of carbonyl (C=O) groups is 1. The molecule has 3 aliphatic carbocycles. The number of benzene rings is 4. The molecule has 372 valence electrons. The Morgan fingerprint density at radius 3 is 2.36 bits per heavy atom. The predicted molar refractivity (Wildman–Crippen MR) is 262 cm³/mol. The second-order valence-corrected chi connectivity index (χ2v) is 19.2. The molecule has 6 unspecified atom stereocenters. The molecule has 2 fully saturated rings. The Hall–Kier alpha value is -5.96. The van der Waals surface area contributed by atoms with Crippen LogP contribution in [0.4, 0.5) is 14.5 Å². The molecule has 2 saturated carbocycles. The number of hydrogen-bond donors (Lipinski definition) is 2. The summed E-state index contributed by atoms with van der Waals surface area (Å²) in [5, 5.41) is 36.4. The largest absolute Gasteiger partial charge is 0.489 e. The van der Waals surface area contributed by atoms with E-state index in [2.05, 4.69) is 12.7 Å². The zero-order chi connectivity index (χ0) is 49.0. The Bertz CT molecular complexity index is 2480. The number of allylic oxidation sites excluding steroid dienone is 1. The van der Waals surface area contributed by atoms with Crippen molar-refractivity contribution >= 4 is 17.3 Å². The number of rotatable bonds is 24. The topological polar surface area (TPSA) is 153 Å². The first-order valence-corrected chi connectivity index (χ1v) is 25.0. The standard InChI is InChI=1S/C56H65F2N3O9/c1-2-31-68-56-52(60(35-39-17-22-43(57)23-18-39)53(64)28-21-38-11-3-4-12-38)34-50(59-69-36-40-19-24-44(25-20-40)61(65)66)47-32-41(13-7-9-29-62)46(15-8-10-30-63)54(55(47)56)48-33-45(26-27-51(48)70-56)67-37-42-14-5-6-16-49(42)58/h2,5-6,14,16-20,22-27,32-33,38,41,46,52,54-55,62-63H,1,3-4,7-13,15,21,28-31,34-37H2. The lowest BCUT2D eigenvalue weighted by Gasteiger charge is -2.60. The summed E-state index contributed by atoms with van der Waals surface area (Å²) >= 11 is 0. The third-order valence-corrected chi connectivity index (χ3v) is 14.8. The van der Waals surface area contributed by atoms with Crippen LogP contribution >= 0.6 is 0 Å². The van der Waals surface area contributed by atoms with E-state index in [0.29, 0.717) is 47.1 Å². The minimum Gasteiger partial charge on any atom is -0.489 e. The van der Waals surface area contributed by atoms with Crippen LogP contribution in [0.1, 0.15) is 112 Å². The van der Waals surface area contributed by atoms with Crippen LogP contribution in [0.25, 0.3) is 0 Å². The molecule has 4 aliphatic rings. The summed E-state index contributed by atoms with van der Waals surface area (Å²) in [4.78, 5) is 34.3. The van der Waals surface area contributed by atoms with E-state index in [0.717, 1.165) is 74.5 Å². The molecule has 4 aromatic rings. The highest BCUT2D eigenvalue weighted by atomic mass is 19.1. The lowest BCUT2D eigenvalue weighted by molar-refractivity contribution is -0.384. The van der Waals surface area contributed by atoms with Crippen molar-refractivity contribution in [3.05, 3.63) is 159 Å². The molecule has 70 heavy (non-hydrogen) atoms. The van der Waals surface area contributed by atoms with Crippen molar-refractivity contribution in [3.63, 3.8) is 0 Å². The summed E-state index contributed by atoms with van der Waals surface area (Å²) in [6, 6.07) is 23.6. The Balaban J connectivity index is 1.30. The molecule has 1 heterocycles. The van der Waals surface area contributed by atoms with Crippen LogP contribution in [-0.4, -0.2) is 63.3 Å². The molecular formula is C56H65F2N3O9. The molecule has 12 nitrogen and oxygen atoms in total. The van der Waals surface area contributed by atoms with E-state index in [1.165, 1.54) is 30.3 Å². The number of nitrogens with zero attached hydrogens (tertiary/aromatic N) is 3. The normalized spacial score (nSPS) is 23.2. The highest BCUT2D eigenvalue weighted by Crippen LogP contribution is 2.62. The predicted octanol–water partition coefficient (Wildman–Crippen LogP) is 11.3. The monoisotopic (exact) mass is 961 g/mol. The lowest BCUT2D eigenvalue weighted by atomic mass is 9.55. The van der Waals surface area contributed by atoms with Gasteiger partial charge in [0, 0.05) is 61.8 Å². The van der Waals surface area contributed by atoms with E-state index in [4.69, 9.17) is 24.2 Å². The first kappa shape index (κ1) is 50.4. The second kappa shape index (κ2) is 23.8. The number of nitro benzene ring substituents is 1. The van der Waals surface area contributed by atoms with Gasteiger partial charge in [-0.25, -0.2) is 8.78 Å². The Morgan fingerprint density at radius 2 is 1.64 bits per heavy atom. The van der Waals surface area contributed by atoms with Crippen molar-refractivity contribution in [2.75, 3.05) is 19.8 Å². The maximum atomic E-state index is 15.2. The van der Waals surface area contributed by atoms with E-state index in [1.807, 2.05) is 17.0 Å². The number of carbonyl (C=O) groups excluding carboxylic acids is 1. The summed E-state index contributed by atoms with van der Waals surface area (Å²) in [5.74, 6) is -1.93. The molecule has 0 radical (unpaired) electrons. The summed E-state index contributed by atoms with van der Waals surface area (Å²) in [5.41, 5.74) is 4.04. The van der Waals surface area contributed by atoms with Crippen LogP contribution < -0.4 is 9.47 Å². The number of aliphatic hydroxyl groups excluding tert-OH is 2. The molecule has 0 spiro atoms. The molecule has 0 bridgehead atoms. The summed E-state index contributed by atoms with van der Waals surface area (Å²) in [6.45, 7) is 4.34. The smallest absolute Gasteiger partial charge is 0.269 e. The molecular weight excluding hydrogens is 897 g/mol. The molecule has 6 atom stereocenters. The fraction of sp³-hybridized carbons (Fsp3) is 0.464. The number of halogens is 2. The summed E-state index contributed by atoms with van der Waals surface area (Å²) in [7, 11) is 0. The van der Waals surface area contributed by atoms with Crippen LogP contribution in [0.15, 0.2) is 120 Å². The summed E-state index contributed by atoms with van der Waals surface area (Å²) < 4.78 is 50.3. The number of ether oxygens (including phenoxy) is 3. The minimum absolute atomic E-state index is 0.00600. The molecule has 4 aromatic carbocycles. The molecule has 0 aromatic heterocycles. The van der Waals surface area contributed by atoms with E-state index >= 15 is 4.79 Å². The van der Waals surface area contributed by atoms with Gasteiger partial charge in [0.2, 0.25) is 11.7 Å². The van der Waals surface area contributed by atoms with Crippen molar-refractivity contribution < 1.29 is 47.8 Å². The first-order chi connectivity index (χ1) is 34.1. The number of aliphatic hydroxyl groups is 2. The van der Waals surface area contributed by atoms with Crippen molar-refractivity contribution in [2.24, 2.45) is 28.8 Å². The summed E-state index contributed by atoms with van der Waals surface area (Å²) in [6.07, 6.45) is 13.7. The fourth-order valence-electron chi connectivity index (χ4n) is 11.3. The lowest BCUT2D eigenvalue weighted by Crippen LogP contribution is -2.70. The Morgan fingerprint density at radius 1 is 0.914 bits per heavy atom. The van der Waals surface area contributed by atoms with Gasteiger partial charge in [-0.05, 0) is 115 Å². The van der Waals surface area contributed by atoms with Crippen LogP contribution in [0, 0.1) is 45.4 Å². The van der Waals surface area contributed by atoms with Crippen molar-refractivity contribution in [1.82, 2.24) is 4.90 Å². The average Bonchev–Trinajstić information content (AvgIpc) is 3.90. The van der Waals surface area contributed by atoms with Gasteiger partial charge in [0.1, 0.15) is 42.4 Å². The second-order valence-electron chi connectivity index (χ2n) is 19.2. The maximum Gasteiger partial charge on any atom is 0.269 e. The Labute approximate surface area is 409 Å². The molecule has 0 saturated heterocycles. The number of oxime groups is 1. The minimum atomic E-state index is -1.53.